The van der Waals surface area contributed by atoms with Crippen LogP contribution in [0.1, 0.15) is 23.4 Å². The Morgan fingerprint density at radius 2 is 2.00 bits per heavy atom. The number of nitrogens with zero attached hydrogens (tertiary/aromatic N) is 1. The third-order valence-corrected chi connectivity index (χ3v) is 2.28. The van der Waals surface area contributed by atoms with E-state index in [-0.39, 0.29) is 5.56 Å². The first kappa shape index (κ1) is 8.59. The zero-order valence-electron chi connectivity index (χ0n) is 6.31. The fourth-order valence-corrected chi connectivity index (χ4v) is 1.17. The zero-order valence-corrected chi connectivity index (χ0v) is 7.20. The van der Waals surface area contributed by atoms with Gasteiger partial charge in [0, 0.05) is 17.0 Å². The summed E-state index contributed by atoms with van der Waals surface area (Å²) in [6.07, 6.45) is -2.40. The lowest BCUT2D eigenvalue weighted by molar-refractivity contribution is 0.150. The van der Waals surface area contributed by atoms with E-state index in [1.807, 2.05) is 0 Å². The van der Waals surface area contributed by atoms with Crippen molar-refractivity contribution in [2.45, 2.75) is 20.3 Å². The normalized spacial score (nSPS) is 11.1. The van der Waals surface area contributed by atoms with Crippen molar-refractivity contribution < 1.29 is 8.78 Å². The van der Waals surface area contributed by atoms with Gasteiger partial charge in [0.2, 0.25) is 0 Å². The molecule has 0 N–H and O–H groups in total. The van der Waals surface area contributed by atoms with Crippen LogP contribution in [0.2, 0.25) is 0 Å². The van der Waals surface area contributed by atoms with Crippen LogP contribution >= 0.6 is 12.8 Å². The summed E-state index contributed by atoms with van der Waals surface area (Å²) in [7, 11) is 0. The fourth-order valence-electron chi connectivity index (χ4n) is 0.998. The molecule has 0 saturated carbocycles. The Morgan fingerprint density at radius 1 is 1.45 bits per heavy atom. The summed E-state index contributed by atoms with van der Waals surface area (Å²) in [6, 6.07) is 1.45. The smallest absolute Gasteiger partial charge is 0.265 e. The Bertz CT molecular complexity index is 268. The molecule has 0 unspecified atom stereocenters. The summed E-state index contributed by atoms with van der Waals surface area (Å²) in [6.45, 7) is 3.37. The molecule has 0 bridgehead atoms. The lowest BCUT2D eigenvalue weighted by atomic mass is 10.2. The van der Waals surface area contributed by atoms with Gasteiger partial charge >= 0.3 is 0 Å². The summed E-state index contributed by atoms with van der Waals surface area (Å²) >= 11 is 4.01. The predicted molar refractivity (Wildman–Crippen MR) is 43.2 cm³/mol. The van der Waals surface area contributed by atoms with Crippen molar-refractivity contribution in [3.8, 4) is 0 Å². The highest BCUT2D eigenvalue weighted by Crippen LogP contribution is 2.25. The highest BCUT2D eigenvalue weighted by Gasteiger charge is 2.14. The highest BCUT2D eigenvalue weighted by atomic mass is 32.1. The van der Waals surface area contributed by atoms with E-state index in [2.05, 4.69) is 12.8 Å². The molecule has 0 aliphatic heterocycles. The lowest BCUT2D eigenvalue weighted by Gasteiger charge is -1.99. The van der Waals surface area contributed by atoms with E-state index in [1.165, 1.54) is 10.0 Å². The van der Waals surface area contributed by atoms with E-state index >= 15 is 0 Å². The SMILES string of the molecule is Cc1cc(C(F)F)c(C)n1S. The summed E-state index contributed by atoms with van der Waals surface area (Å²) in [5.74, 6) is 0. The molecule has 0 saturated heterocycles. The van der Waals surface area contributed by atoms with E-state index in [0.29, 0.717) is 5.69 Å². The Morgan fingerprint density at radius 3 is 2.18 bits per heavy atom. The van der Waals surface area contributed by atoms with E-state index in [9.17, 15) is 8.78 Å². The van der Waals surface area contributed by atoms with Crippen LogP contribution in [0.3, 0.4) is 0 Å². The molecule has 0 atom stereocenters. The van der Waals surface area contributed by atoms with Gasteiger partial charge < -0.3 is 0 Å². The molecule has 1 aromatic heterocycles. The standard InChI is InChI=1S/C7H9F2NS/c1-4-3-6(7(8)9)5(2)10(4)11/h3,7,11H,1-2H3. The molecule has 0 aromatic carbocycles. The van der Waals surface area contributed by atoms with Gasteiger partial charge in [-0.25, -0.2) is 8.78 Å². The van der Waals surface area contributed by atoms with Gasteiger partial charge in [0.15, 0.2) is 0 Å². The molecular formula is C7H9F2NS. The number of alkyl halides is 2. The number of aromatic nitrogens is 1. The Labute approximate surface area is 69.6 Å². The molecule has 0 aliphatic rings. The first-order valence-corrected chi connectivity index (χ1v) is 3.60. The molecule has 11 heavy (non-hydrogen) atoms. The first-order valence-electron chi connectivity index (χ1n) is 3.20. The van der Waals surface area contributed by atoms with E-state index in [0.717, 1.165) is 5.69 Å². The lowest BCUT2D eigenvalue weighted by Crippen LogP contribution is -1.88. The molecule has 1 nitrogen and oxygen atoms in total. The second kappa shape index (κ2) is 2.85. The van der Waals surface area contributed by atoms with Crippen molar-refractivity contribution in [2.24, 2.45) is 0 Å². The number of thiol groups is 1. The van der Waals surface area contributed by atoms with Crippen LogP contribution in [0.15, 0.2) is 6.07 Å². The number of hydrogen-bond donors (Lipinski definition) is 1. The van der Waals surface area contributed by atoms with Crippen LogP contribution in [0, 0.1) is 13.8 Å². The minimum absolute atomic E-state index is 0.0671. The third kappa shape index (κ3) is 1.40. The number of hydrogen-bond acceptors (Lipinski definition) is 1. The molecule has 1 heterocycles. The Hall–Kier alpha value is -0.510. The predicted octanol–water partition coefficient (Wildman–Crippen LogP) is 2.74. The number of rotatable bonds is 1. The molecule has 4 heteroatoms. The van der Waals surface area contributed by atoms with Gasteiger partial charge in [-0.3, -0.25) is 3.97 Å². The van der Waals surface area contributed by atoms with Crippen LogP contribution in [0.5, 0.6) is 0 Å². The number of aryl methyl sites for hydroxylation is 1. The molecule has 1 rings (SSSR count). The van der Waals surface area contributed by atoms with Gasteiger partial charge in [-0.05, 0) is 19.9 Å². The number of halogens is 2. The quantitative estimate of drug-likeness (QED) is 0.629. The maximum Gasteiger partial charge on any atom is 0.265 e. The zero-order chi connectivity index (χ0) is 8.59. The molecule has 0 fully saturated rings. The minimum Gasteiger partial charge on any atom is -0.295 e. The average Bonchev–Trinajstić information content (AvgIpc) is 2.17. The van der Waals surface area contributed by atoms with Gasteiger partial charge in [-0.1, -0.05) is 12.8 Å². The van der Waals surface area contributed by atoms with Crippen molar-refractivity contribution >= 4 is 12.8 Å². The van der Waals surface area contributed by atoms with Crippen LogP contribution in [-0.4, -0.2) is 3.97 Å². The van der Waals surface area contributed by atoms with E-state index in [4.69, 9.17) is 0 Å². The van der Waals surface area contributed by atoms with Crippen molar-refractivity contribution in [3.63, 3.8) is 0 Å². The summed E-state index contributed by atoms with van der Waals surface area (Å²) < 4.78 is 25.8. The van der Waals surface area contributed by atoms with Gasteiger partial charge in [0.25, 0.3) is 6.43 Å². The van der Waals surface area contributed by atoms with Crippen molar-refractivity contribution in [3.05, 3.63) is 23.0 Å². The topological polar surface area (TPSA) is 4.93 Å². The molecule has 1 aromatic rings. The average molecular weight is 177 g/mol. The van der Waals surface area contributed by atoms with Gasteiger partial charge in [-0.15, -0.1) is 0 Å². The third-order valence-electron chi connectivity index (χ3n) is 1.67. The molecular weight excluding hydrogens is 168 g/mol. The monoisotopic (exact) mass is 177 g/mol. The van der Waals surface area contributed by atoms with Crippen LogP contribution in [0.4, 0.5) is 8.78 Å². The molecule has 62 valence electrons. The van der Waals surface area contributed by atoms with Crippen molar-refractivity contribution in [1.29, 1.82) is 0 Å². The summed E-state index contributed by atoms with van der Waals surface area (Å²) in [4.78, 5) is 0. The maximum atomic E-state index is 12.2. The Kier molecular flexibility index (Phi) is 2.23. The molecule has 0 aliphatic carbocycles. The molecule has 0 spiro atoms. The first-order chi connectivity index (χ1) is 5.04. The van der Waals surface area contributed by atoms with Gasteiger partial charge in [-0.2, -0.15) is 0 Å². The second-order valence-electron chi connectivity index (χ2n) is 2.44. The summed E-state index contributed by atoms with van der Waals surface area (Å²) in [5, 5.41) is 0. The van der Waals surface area contributed by atoms with Crippen LogP contribution in [-0.2, 0) is 0 Å². The van der Waals surface area contributed by atoms with Crippen molar-refractivity contribution in [1.82, 2.24) is 3.97 Å². The van der Waals surface area contributed by atoms with E-state index in [1.54, 1.807) is 13.8 Å². The maximum absolute atomic E-state index is 12.2. The van der Waals surface area contributed by atoms with Crippen LogP contribution in [0.25, 0.3) is 0 Å². The fraction of sp³-hybridized carbons (Fsp3) is 0.429. The Balaban J connectivity index is 3.19. The van der Waals surface area contributed by atoms with Crippen molar-refractivity contribution in [2.75, 3.05) is 0 Å². The highest BCUT2D eigenvalue weighted by molar-refractivity contribution is 7.78. The minimum atomic E-state index is -2.40. The van der Waals surface area contributed by atoms with Gasteiger partial charge in [0.1, 0.15) is 0 Å². The molecule has 0 radical (unpaired) electrons. The van der Waals surface area contributed by atoms with E-state index < -0.39 is 6.43 Å². The molecule has 0 amide bonds. The largest absolute Gasteiger partial charge is 0.295 e. The van der Waals surface area contributed by atoms with Crippen LogP contribution < -0.4 is 0 Å². The second-order valence-corrected chi connectivity index (χ2v) is 2.84. The summed E-state index contributed by atoms with van der Waals surface area (Å²) in [5.41, 5.74) is 1.32. The van der Waals surface area contributed by atoms with Gasteiger partial charge in [0.05, 0.1) is 0 Å².